The van der Waals surface area contributed by atoms with Crippen LogP contribution in [0, 0.1) is 11.6 Å². The number of carboxylic acid groups (broad SMARTS) is 1. The molecule has 0 radical (unpaired) electrons. The van der Waals surface area contributed by atoms with E-state index in [9.17, 15) is 23.5 Å². The predicted octanol–water partition coefficient (Wildman–Crippen LogP) is 2.48. The molecule has 0 fully saturated rings. The van der Waals surface area contributed by atoms with E-state index in [1.54, 1.807) is 18.3 Å². The van der Waals surface area contributed by atoms with Gasteiger partial charge >= 0.3 is 5.97 Å². The van der Waals surface area contributed by atoms with Crippen molar-refractivity contribution in [3.8, 4) is 0 Å². The number of nitrogens with one attached hydrogen (secondary N) is 1. The van der Waals surface area contributed by atoms with E-state index in [1.807, 2.05) is 0 Å². The van der Waals surface area contributed by atoms with Crippen molar-refractivity contribution in [2.24, 2.45) is 0 Å². The average Bonchev–Trinajstić information content (AvgIpc) is 2.52. The fourth-order valence-electron chi connectivity index (χ4n) is 2.07. The SMILES string of the molecule is O=C(Cc1ccc(F)c(F)c1)N[C@@H](Cc1cccnc1Br)C(=O)O. The number of aliphatic carboxylic acids is 1. The van der Waals surface area contributed by atoms with Gasteiger partial charge in [0.2, 0.25) is 5.91 Å². The van der Waals surface area contributed by atoms with Crippen molar-refractivity contribution in [3.05, 3.63) is 63.9 Å². The zero-order valence-electron chi connectivity index (χ0n) is 12.3. The maximum Gasteiger partial charge on any atom is 0.326 e. The van der Waals surface area contributed by atoms with Crippen LogP contribution < -0.4 is 5.32 Å². The number of rotatable bonds is 6. The molecule has 0 saturated heterocycles. The summed E-state index contributed by atoms with van der Waals surface area (Å²) in [5.41, 5.74) is 0.871. The highest BCUT2D eigenvalue weighted by Crippen LogP contribution is 2.15. The first kappa shape index (κ1) is 18.0. The van der Waals surface area contributed by atoms with E-state index in [-0.39, 0.29) is 18.4 Å². The van der Waals surface area contributed by atoms with Gasteiger partial charge in [0, 0.05) is 12.6 Å². The van der Waals surface area contributed by atoms with Gasteiger partial charge in [-0.15, -0.1) is 0 Å². The number of halogens is 3. The second kappa shape index (κ2) is 7.96. The van der Waals surface area contributed by atoms with Crippen LogP contribution in [0.15, 0.2) is 41.1 Å². The molecule has 0 bridgehead atoms. The molecule has 126 valence electrons. The zero-order valence-corrected chi connectivity index (χ0v) is 13.9. The Bertz CT molecular complexity index is 771. The second-order valence-electron chi connectivity index (χ2n) is 5.04. The number of aromatic nitrogens is 1. The van der Waals surface area contributed by atoms with Crippen LogP contribution in [0.1, 0.15) is 11.1 Å². The first-order chi connectivity index (χ1) is 11.4. The third-order valence-electron chi connectivity index (χ3n) is 3.24. The molecule has 2 aromatic rings. The monoisotopic (exact) mass is 398 g/mol. The Morgan fingerprint density at radius 2 is 2.00 bits per heavy atom. The first-order valence-electron chi connectivity index (χ1n) is 6.92. The molecular formula is C16H13BrF2N2O3. The van der Waals surface area contributed by atoms with E-state index in [4.69, 9.17) is 0 Å². The van der Waals surface area contributed by atoms with Crippen LogP contribution in [0.2, 0.25) is 0 Å². The Kier molecular flexibility index (Phi) is 5.97. The minimum Gasteiger partial charge on any atom is -0.480 e. The topological polar surface area (TPSA) is 79.3 Å². The smallest absolute Gasteiger partial charge is 0.326 e. The number of carbonyl (C=O) groups is 2. The van der Waals surface area contributed by atoms with Crippen LogP contribution in [0.3, 0.4) is 0 Å². The van der Waals surface area contributed by atoms with Gasteiger partial charge in [-0.25, -0.2) is 18.6 Å². The summed E-state index contributed by atoms with van der Waals surface area (Å²) in [6.45, 7) is 0. The van der Waals surface area contributed by atoms with Gasteiger partial charge in [0.05, 0.1) is 6.42 Å². The molecule has 1 aromatic heterocycles. The maximum atomic E-state index is 13.1. The van der Waals surface area contributed by atoms with Crippen molar-refractivity contribution in [3.63, 3.8) is 0 Å². The van der Waals surface area contributed by atoms with Crippen LogP contribution in [0.25, 0.3) is 0 Å². The van der Waals surface area contributed by atoms with Crippen LogP contribution >= 0.6 is 15.9 Å². The molecular weight excluding hydrogens is 386 g/mol. The van der Waals surface area contributed by atoms with Crippen molar-refractivity contribution in [2.75, 3.05) is 0 Å². The number of pyridine rings is 1. The van der Waals surface area contributed by atoms with Gasteiger partial charge in [0.15, 0.2) is 11.6 Å². The Labute approximate surface area is 144 Å². The Hall–Kier alpha value is -2.35. The number of amides is 1. The molecule has 2 rings (SSSR count). The Morgan fingerprint density at radius 3 is 2.62 bits per heavy atom. The lowest BCUT2D eigenvalue weighted by atomic mass is 10.1. The molecule has 8 heteroatoms. The van der Waals surface area contributed by atoms with Gasteiger partial charge in [0.25, 0.3) is 0 Å². The maximum absolute atomic E-state index is 13.1. The number of carboxylic acids is 1. The zero-order chi connectivity index (χ0) is 17.7. The summed E-state index contributed by atoms with van der Waals surface area (Å²) in [6.07, 6.45) is 1.33. The first-order valence-corrected chi connectivity index (χ1v) is 7.71. The summed E-state index contributed by atoms with van der Waals surface area (Å²) in [7, 11) is 0. The van der Waals surface area contributed by atoms with Crippen LogP contribution in [-0.2, 0) is 22.4 Å². The molecule has 0 aliphatic heterocycles. The summed E-state index contributed by atoms with van der Waals surface area (Å²) in [5, 5.41) is 11.6. The summed E-state index contributed by atoms with van der Waals surface area (Å²) in [5.74, 6) is -3.88. The van der Waals surface area contributed by atoms with Crippen LogP contribution in [0.4, 0.5) is 8.78 Å². The van der Waals surface area contributed by atoms with E-state index in [0.29, 0.717) is 10.2 Å². The lowest BCUT2D eigenvalue weighted by molar-refractivity contribution is -0.141. The molecule has 0 spiro atoms. The molecule has 2 N–H and O–H groups in total. The molecule has 1 amide bonds. The van der Waals surface area contributed by atoms with Gasteiger partial charge < -0.3 is 10.4 Å². The largest absolute Gasteiger partial charge is 0.480 e. The lowest BCUT2D eigenvalue weighted by Crippen LogP contribution is -2.43. The molecule has 1 heterocycles. The molecule has 0 unspecified atom stereocenters. The molecule has 1 atom stereocenters. The van der Waals surface area contributed by atoms with E-state index < -0.39 is 29.6 Å². The van der Waals surface area contributed by atoms with E-state index in [1.165, 1.54) is 6.07 Å². The van der Waals surface area contributed by atoms with Gasteiger partial charge in [-0.3, -0.25) is 4.79 Å². The highest BCUT2D eigenvalue weighted by Gasteiger charge is 2.22. The summed E-state index contributed by atoms with van der Waals surface area (Å²) >= 11 is 3.21. The van der Waals surface area contributed by atoms with Gasteiger partial charge in [-0.1, -0.05) is 12.1 Å². The van der Waals surface area contributed by atoms with Crippen molar-refractivity contribution in [1.29, 1.82) is 0 Å². The number of hydrogen-bond donors (Lipinski definition) is 2. The molecule has 0 saturated carbocycles. The Morgan fingerprint density at radius 1 is 1.25 bits per heavy atom. The van der Waals surface area contributed by atoms with E-state index in [0.717, 1.165) is 12.1 Å². The van der Waals surface area contributed by atoms with Gasteiger partial charge in [0.1, 0.15) is 10.6 Å². The average molecular weight is 399 g/mol. The van der Waals surface area contributed by atoms with Crippen LogP contribution in [0.5, 0.6) is 0 Å². The summed E-state index contributed by atoms with van der Waals surface area (Å²) in [6, 6.07) is 5.27. The second-order valence-corrected chi connectivity index (χ2v) is 5.79. The Balaban J connectivity index is 2.04. The highest BCUT2D eigenvalue weighted by molar-refractivity contribution is 9.10. The quantitative estimate of drug-likeness (QED) is 0.732. The standard InChI is InChI=1S/C16H13BrF2N2O3/c17-15-10(2-1-5-20-15)8-13(16(23)24)21-14(22)7-9-3-4-11(18)12(19)6-9/h1-6,13H,7-8H2,(H,21,22)(H,23,24)/t13-/m0/s1. The van der Waals surface area contributed by atoms with Crippen molar-refractivity contribution >= 4 is 27.8 Å². The molecule has 0 aliphatic rings. The minimum absolute atomic E-state index is 0.0350. The van der Waals surface area contributed by atoms with E-state index >= 15 is 0 Å². The number of benzene rings is 1. The molecule has 5 nitrogen and oxygen atoms in total. The summed E-state index contributed by atoms with van der Waals surface area (Å²) in [4.78, 5) is 27.3. The van der Waals surface area contributed by atoms with Gasteiger partial charge in [-0.05, 0) is 45.3 Å². The lowest BCUT2D eigenvalue weighted by Gasteiger charge is -2.15. The van der Waals surface area contributed by atoms with Crippen molar-refractivity contribution in [2.45, 2.75) is 18.9 Å². The fourth-order valence-corrected chi connectivity index (χ4v) is 2.48. The summed E-state index contributed by atoms with van der Waals surface area (Å²) < 4.78 is 26.5. The van der Waals surface area contributed by atoms with Crippen molar-refractivity contribution in [1.82, 2.24) is 10.3 Å². The minimum atomic E-state index is -1.20. The third-order valence-corrected chi connectivity index (χ3v) is 3.96. The highest BCUT2D eigenvalue weighted by atomic mass is 79.9. The number of nitrogens with zero attached hydrogens (tertiary/aromatic N) is 1. The number of carbonyl (C=O) groups excluding carboxylic acids is 1. The normalized spacial score (nSPS) is 11.8. The predicted molar refractivity (Wildman–Crippen MR) is 85.3 cm³/mol. The molecule has 0 aliphatic carbocycles. The van der Waals surface area contributed by atoms with Crippen molar-refractivity contribution < 1.29 is 23.5 Å². The van der Waals surface area contributed by atoms with Gasteiger partial charge in [-0.2, -0.15) is 0 Å². The molecule has 1 aromatic carbocycles. The number of hydrogen-bond acceptors (Lipinski definition) is 3. The van der Waals surface area contributed by atoms with Crippen LogP contribution in [-0.4, -0.2) is 28.0 Å². The fraction of sp³-hybridized carbons (Fsp3) is 0.188. The molecule has 24 heavy (non-hydrogen) atoms. The van der Waals surface area contributed by atoms with E-state index in [2.05, 4.69) is 26.2 Å². The third kappa shape index (κ3) is 4.82.